The first-order valence-electron chi connectivity index (χ1n) is 8.74. The summed E-state index contributed by atoms with van der Waals surface area (Å²) in [7, 11) is 0. The minimum absolute atomic E-state index is 0.170. The summed E-state index contributed by atoms with van der Waals surface area (Å²) < 4.78 is 0. The van der Waals surface area contributed by atoms with Crippen LogP contribution < -0.4 is 16.1 Å². The SMILES string of the molecule is CC[C@]1(c2ccccc2)NC(=O)N(NC(=S)Nc2cc(C)cc(C)c2)C1=O. The van der Waals surface area contributed by atoms with Crippen LogP contribution in [0.5, 0.6) is 0 Å². The lowest BCUT2D eigenvalue weighted by Gasteiger charge is -2.25. The number of anilines is 1. The normalized spacial score (nSPS) is 19.0. The zero-order valence-corrected chi connectivity index (χ0v) is 16.3. The number of hydrazine groups is 1. The predicted octanol–water partition coefficient (Wildman–Crippen LogP) is 3.36. The van der Waals surface area contributed by atoms with Crippen molar-refractivity contribution in [1.82, 2.24) is 15.8 Å². The van der Waals surface area contributed by atoms with E-state index in [1.165, 1.54) is 0 Å². The van der Waals surface area contributed by atoms with Crippen LogP contribution in [-0.2, 0) is 10.3 Å². The van der Waals surface area contributed by atoms with Crippen molar-refractivity contribution in [2.24, 2.45) is 0 Å². The van der Waals surface area contributed by atoms with Gasteiger partial charge in [0.2, 0.25) is 0 Å². The van der Waals surface area contributed by atoms with Crippen molar-refractivity contribution in [3.8, 4) is 0 Å². The Labute approximate surface area is 163 Å². The number of nitrogens with zero attached hydrogens (tertiary/aromatic N) is 1. The molecule has 0 unspecified atom stereocenters. The average Bonchev–Trinajstić information content (AvgIpc) is 2.86. The molecule has 1 saturated heterocycles. The summed E-state index contributed by atoms with van der Waals surface area (Å²) >= 11 is 5.30. The Bertz CT molecular complexity index is 880. The third kappa shape index (κ3) is 3.64. The molecular formula is C20H22N4O2S. The van der Waals surface area contributed by atoms with E-state index in [1.54, 1.807) is 0 Å². The number of hydrogen-bond acceptors (Lipinski definition) is 3. The Kier molecular flexibility index (Phi) is 5.14. The number of carbonyl (C=O) groups is 2. The van der Waals surface area contributed by atoms with Gasteiger partial charge in [0.25, 0.3) is 5.91 Å². The molecule has 0 aliphatic carbocycles. The number of urea groups is 1. The lowest BCUT2D eigenvalue weighted by molar-refractivity contribution is -0.133. The molecule has 0 saturated carbocycles. The minimum atomic E-state index is -1.10. The first kappa shape index (κ1) is 18.8. The van der Waals surface area contributed by atoms with Gasteiger partial charge in [-0.25, -0.2) is 4.79 Å². The Hall–Kier alpha value is -2.93. The van der Waals surface area contributed by atoms with E-state index in [9.17, 15) is 9.59 Å². The highest BCUT2D eigenvalue weighted by molar-refractivity contribution is 7.80. The fourth-order valence-corrected chi connectivity index (χ4v) is 3.56. The molecule has 3 amide bonds. The molecule has 1 aliphatic heterocycles. The second kappa shape index (κ2) is 7.36. The van der Waals surface area contributed by atoms with Gasteiger partial charge in [0, 0.05) is 5.69 Å². The van der Waals surface area contributed by atoms with Crippen molar-refractivity contribution in [3.05, 3.63) is 65.2 Å². The largest absolute Gasteiger partial charge is 0.344 e. The van der Waals surface area contributed by atoms with E-state index in [4.69, 9.17) is 12.2 Å². The van der Waals surface area contributed by atoms with Gasteiger partial charge in [-0.1, -0.05) is 43.3 Å². The van der Waals surface area contributed by atoms with E-state index >= 15 is 0 Å². The molecule has 0 aromatic heterocycles. The predicted molar refractivity (Wildman–Crippen MR) is 109 cm³/mol. The standard InChI is InChI=1S/C20H22N4O2S/c1-4-20(15-8-6-5-7-9-15)17(25)24(19(26)22-20)23-18(27)21-16-11-13(2)10-14(3)12-16/h5-12H,4H2,1-3H3,(H,22,26)(H2,21,23,27)/t20-/m1/s1. The van der Waals surface area contributed by atoms with E-state index in [1.807, 2.05) is 63.2 Å². The molecule has 6 nitrogen and oxygen atoms in total. The van der Waals surface area contributed by atoms with Crippen LogP contribution in [0, 0.1) is 13.8 Å². The first-order valence-corrected chi connectivity index (χ1v) is 9.14. The van der Waals surface area contributed by atoms with Crippen LogP contribution in [-0.4, -0.2) is 22.1 Å². The van der Waals surface area contributed by atoms with Crippen LogP contribution in [0.1, 0.15) is 30.0 Å². The third-order valence-corrected chi connectivity index (χ3v) is 4.77. The summed E-state index contributed by atoms with van der Waals surface area (Å²) in [6, 6.07) is 14.6. The number of nitrogens with one attached hydrogen (secondary N) is 3. The van der Waals surface area contributed by atoms with Crippen molar-refractivity contribution in [1.29, 1.82) is 0 Å². The average molecular weight is 382 g/mol. The van der Waals surface area contributed by atoms with Gasteiger partial charge in [0.15, 0.2) is 5.11 Å². The lowest BCUT2D eigenvalue weighted by atomic mass is 9.87. The van der Waals surface area contributed by atoms with Crippen LogP contribution >= 0.6 is 12.2 Å². The van der Waals surface area contributed by atoms with Gasteiger partial charge in [0.05, 0.1) is 0 Å². The molecule has 0 radical (unpaired) electrons. The summed E-state index contributed by atoms with van der Waals surface area (Å²) in [6.07, 6.45) is 0.428. The van der Waals surface area contributed by atoms with Crippen LogP contribution in [0.25, 0.3) is 0 Å². The van der Waals surface area contributed by atoms with E-state index in [-0.39, 0.29) is 11.0 Å². The zero-order chi connectivity index (χ0) is 19.6. The van der Waals surface area contributed by atoms with Crippen LogP contribution in [0.4, 0.5) is 10.5 Å². The van der Waals surface area contributed by atoms with Crippen LogP contribution in [0.3, 0.4) is 0 Å². The summed E-state index contributed by atoms with van der Waals surface area (Å²) in [6.45, 7) is 5.84. The smallest absolute Gasteiger partial charge is 0.331 e. The van der Waals surface area contributed by atoms with Gasteiger partial charge in [-0.2, -0.15) is 5.01 Å². The number of aryl methyl sites for hydroxylation is 2. The summed E-state index contributed by atoms with van der Waals surface area (Å²) in [5.74, 6) is -0.384. The van der Waals surface area contributed by atoms with Gasteiger partial charge in [-0.3, -0.25) is 10.2 Å². The molecule has 0 spiro atoms. The molecular weight excluding hydrogens is 360 g/mol. The quantitative estimate of drug-likeness (QED) is 0.559. The highest BCUT2D eigenvalue weighted by atomic mass is 32.1. The number of carbonyl (C=O) groups excluding carboxylic acids is 2. The van der Waals surface area contributed by atoms with E-state index < -0.39 is 11.6 Å². The van der Waals surface area contributed by atoms with Gasteiger partial charge in [-0.05, 0) is 61.3 Å². The van der Waals surface area contributed by atoms with Crippen molar-refractivity contribution >= 4 is 35.0 Å². The highest BCUT2D eigenvalue weighted by Gasteiger charge is 2.51. The van der Waals surface area contributed by atoms with Crippen molar-refractivity contribution in [2.75, 3.05) is 5.32 Å². The molecule has 1 aliphatic rings. The summed E-state index contributed by atoms with van der Waals surface area (Å²) in [5.41, 5.74) is 5.33. The monoisotopic (exact) mass is 382 g/mol. The van der Waals surface area contributed by atoms with Gasteiger partial charge in [-0.15, -0.1) is 0 Å². The van der Waals surface area contributed by atoms with E-state index in [0.717, 1.165) is 27.4 Å². The van der Waals surface area contributed by atoms with Crippen LogP contribution in [0.15, 0.2) is 48.5 Å². The molecule has 27 heavy (non-hydrogen) atoms. The molecule has 140 valence electrons. The van der Waals surface area contributed by atoms with E-state index in [2.05, 4.69) is 22.1 Å². The third-order valence-electron chi connectivity index (χ3n) is 4.58. The molecule has 1 heterocycles. The Morgan fingerprint density at radius 2 is 1.74 bits per heavy atom. The molecule has 0 bridgehead atoms. The Morgan fingerprint density at radius 3 is 2.33 bits per heavy atom. The Balaban J connectivity index is 1.78. The number of hydrogen-bond donors (Lipinski definition) is 3. The van der Waals surface area contributed by atoms with Crippen molar-refractivity contribution < 1.29 is 9.59 Å². The van der Waals surface area contributed by atoms with Crippen molar-refractivity contribution in [3.63, 3.8) is 0 Å². The Morgan fingerprint density at radius 1 is 1.11 bits per heavy atom. The second-order valence-corrected chi connectivity index (χ2v) is 7.05. The number of benzene rings is 2. The maximum absolute atomic E-state index is 13.1. The number of imide groups is 1. The maximum atomic E-state index is 13.1. The first-order chi connectivity index (χ1) is 12.9. The van der Waals surface area contributed by atoms with Gasteiger partial charge >= 0.3 is 6.03 Å². The fourth-order valence-electron chi connectivity index (χ4n) is 3.35. The zero-order valence-electron chi connectivity index (χ0n) is 15.5. The second-order valence-electron chi connectivity index (χ2n) is 6.64. The highest BCUT2D eigenvalue weighted by Crippen LogP contribution is 2.31. The fraction of sp³-hybridized carbons (Fsp3) is 0.250. The van der Waals surface area contributed by atoms with E-state index in [0.29, 0.717) is 6.42 Å². The molecule has 1 fully saturated rings. The maximum Gasteiger partial charge on any atom is 0.344 e. The number of thiocarbonyl (C=S) groups is 1. The van der Waals surface area contributed by atoms with Gasteiger partial charge < -0.3 is 10.6 Å². The summed E-state index contributed by atoms with van der Waals surface area (Å²) in [4.78, 5) is 25.5. The van der Waals surface area contributed by atoms with Crippen LogP contribution in [0.2, 0.25) is 0 Å². The molecule has 3 N–H and O–H groups in total. The molecule has 7 heteroatoms. The summed E-state index contributed by atoms with van der Waals surface area (Å²) in [5, 5.41) is 6.94. The van der Waals surface area contributed by atoms with Gasteiger partial charge in [0.1, 0.15) is 5.54 Å². The van der Waals surface area contributed by atoms with Crippen molar-refractivity contribution in [2.45, 2.75) is 32.7 Å². The number of rotatable bonds is 4. The molecule has 1 atom stereocenters. The lowest BCUT2D eigenvalue weighted by Crippen LogP contribution is -2.49. The molecule has 3 rings (SSSR count). The minimum Gasteiger partial charge on any atom is -0.331 e. The molecule has 2 aromatic carbocycles. The topological polar surface area (TPSA) is 73.5 Å². The number of amides is 3. The molecule has 2 aromatic rings.